The van der Waals surface area contributed by atoms with Crippen molar-refractivity contribution < 1.29 is 43.4 Å². The molecular formula is C51H72N6O9. The number of ether oxygens (including phenoxy) is 1. The van der Waals surface area contributed by atoms with Gasteiger partial charge in [-0.2, -0.15) is 0 Å². The molecule has 5 atom stereocenters. The van der Waals surface area contributed by atoms with Crippen LogP contribution in [-0.4, -0.2) is 70.7 Å². The third kappa shape index (κ3) is 22.1. The third-order valence-electron chi connectivity index (χ3n) is 11.6. The number of carboxylic acids is 1. The van der Waals surface area contributed by atoms with Gasteiger partial charge in [-0.3, -0.25) is 28.8 Å². The van der Waals surface area contributed by atoms with Crippen LogP contribution >= 0.6 is 0 Å². The van der Waals surface area contributed by atoms with Gasteiger partial charge in [-0.25, -0.2) is 4.79 Å². The van der Waals surface area contributed by atoms with E-state index in [1.54, 1.807) is 30.3 Å². The smallest absolute Gasteiger partial charge is 0.326 e. The summed E-state index contributed by atoms with van der Waals surface area (Å²) in [6, 6.07) is 21.7. The number of rotatable bonds is 34. The van der Waals surface area contributed by atoms with Gasteiger partial charge < -0.3 is 42.6 Å². The molecule has 15 heteroatoms. The van der Waals surface area contributed by atoms with Gasteiger partial charge in [0.1, 0.15) is 36.5 Å². The van der Waals surface area contributed by atoms with E-state index in [0.29, 0.717) is 43.6 Å². The lowest BCUT2D eigenvalue weighted by molar-refractivity contribution is -0.142. The molecule has 1 unspecified atom stereocenters. The minimum absolute atomic E-state index is 0.0433. The first-order valence-corrected chi connectivity index (χ1v) is 23.5. The Morgan fingerprint density at radius 2 is 1.00 bits per heavy atom. The fraction of sp³-hybridized carbons (Fsp3) is 0.510. The summed E-state index contributed by atoms with van der Waals surface area (Å²) >= 11 is 0. The number of primary amides is 2. The van der Waals surface area contributed by atoms with Crippen molar-refractivity contribution in [2.24, 2.45) is 17.4 Å². The molecule has 0 fully saturated rings. The van der Waals surface area contributed by atoms with Crippen LogP contribution < -0.4 is 37.5 Å². The maximum absolute atomic E-state index is 13.4. The molecular weight excluding hydrogens is 841 g/mol. The minimum atomic E-state index is -1.27. The molecule has 15 nitrogen and oxygen atoms in total. The molecule has 3 rings (SSSR count). The van der Waals surface area contributed by atoms with Crippen LogP contribution in [-0.2, 0) is 53.0 Å². The Morgan fingerprint density at radius 3 is 1.48 bits per heavy atom. The van der Waals surface area contributed by atoms with Crippen LogP contribution in [0.2, 0.25) is 0 Å². The van der Waals surface area contributed by atoms with Crippen molar-refractivity contribution >= 4 is 41.4 Å². The Kier molecular flexibility index (Phi) is 25.2. The van der Waals surface area contributed by atoms with E-state index in [4.69, 9.17) is 16.2 Å². The Labute approximate surface area is 390 Å². The van der Waals surface area contributed by atoms with E-state index in [1.807, 2.05) is 68.4 Å². The van der Waals surface area contributed by atoms with Gasteiger partial charge in [0.05, 0.1) is 6.42 Å². The van der Waals surface area contributed by atoms with Gasteiger partial charge in [0.15, 0.2) is 0 Å². The number of hydrogen-bond donors (Lipinski definition) is 7. The number of carbonyl (C=O) groups is 7. The Hall–Kier alpha value is -6.25. The predicted octanol–water partition coefficient (Wildman–Crippen LogP) is 5.94. The molecule has 66 heavy (non-hydrogen) atoms. The van der Waals surface area contributed by atoms with Crippen LogP contribution in [0.5, 0.6) is 5.75 Å². The van der Waals surface area contributed by atoms with Crippen LogP contribution in [0.4, 0.5) is 0 Å². The molecule has 3 aromatic rings. The van der Waals surface area contributed by atoms with Crippen LogP contribution in [0.25, 0.3) is 0 Å². The highest BCUT2D eigenvalue weighted by molar-refractivity contribution is 5.94. The molecule has 0 saturated heterocycles. The molecule has 3 aromatic carbocycles. The summed E-state index contributed by atoms with van der Waals surface area (Å²) in [5, 5.41) is 20.3. The average Bonchev–Trinajstić information content (AvgIpc) is 3.30. The van der Waals surface area contributed by atoms with Crippen molar-refractivity contribution in [3.05, 3.63) is 102 Å². The van der Waals surface area contributed by atoms with Crippen molar-refractivity contribution in [2.45, 2.75) is 160 Å². The van der Waals surface area contributed by atoms with E-state index < -0.39 is 66.1 Å². The van der Waals surface area contributed by atoms with Gasteiger partial charge in [-0.15, -0.1) is 0 Å². The van der Waals surface area contributed by atoms with Gasteiger partial charge >= 0.3 is 5.97 Å². The topological polar surface area (TPSA) is 249 Å². The third-order valence-corrected chi connectivity index (χ3v) is 11.6. The lowest BCUT2D eigenvalue weighted by Gasteiger charge is -2.26. The first-order valence-electron chi connectivity index (χ1n) is 23.5. The van der Waals surface area contributed by atoms with Gasteiger partial charge in [0.25, 0.3) is 0 Å². The molecule has 0 heterocycles. The molecule has 0 radical (unpaired) electrons. The zero-order valence-electron chi connectivity index (χ0n) is 38.8. The number of unbranched alkanes of at least 4 members (excludes halogenated alkanes) is 11. The van der Waals surface area contributed by atoms with Gasteiger partial charge in [-0.05, 0) is 47.6 Å². The van der Waals surface area contributed by atoms with E-state index >= 15 is 0 Å². The summed E-state index contributed by atoms with van der Waals surface area (Å²) in [5.41, 5.74) is 13.6. The normalized spacial score (nSPS) is 13.2. The maximum Gasteiger partial charge on any atom is 0.326 e. The number of amides is 6. The lowest BCUT2D eigenvalue weighted by Crippen LogP contribution is -2.55. The van der Waals surface area contributed by atoms with E-state index in [9.17, 15) is 38.7 Å². The second-order valence-corrected chi connectivity index (χ2v) is 17.1. The average molecular weight is 913 g/mol. The number of hydrogen-bond acceptors (Lipinski definition) is 8. The summed E-state index contributed by atoms with van der Waals surface area (Å²) in [5.74, 6) is -3.96. The number of nitrogens with one attached hydrogen (secondary N) is 4. The van der Waals surface area contributed by atoms with Gasteiger partial charge in [0, 0.05) is 25.7 Å². The highest BCUT2D eigenvalue weighted by Gasteiger charge is 2.30. The van der Waals surface area contributed by atoms with Crippen LogP contribution in [0.1, 0.15) is 133 Å². The van der Waals surface area contributed by atoms with E-state index in [2.05, 4.69) is 21.3 Å². The molecule has 6 amide bonds. The molecule has 0 spiro atoms. The first kappa shape index (κ1) is 54.1. The summed E-state index contributed by atoms with van der Waals surface area (Å²) in [6.07, 6.45) is 12.5. The van der Waals surface area contributed by atoms with Crippen LogP contribution in [0.3, 0.4) is 0 Å². The fourth-order valence-corrected chi connectivity index (χ4v) is 7.47. The Bertz CT molecular complexity index is 1950. The number of nitrogens with two attached hydrogens (primary N) is 2. The van der Waals surface area contributed by atoms with E-state index in [1.165, 1.54) is 0 Å². The van der Waals surface area contributed by atoms with E-state index in [-0.39, 0.29) is 31.1 Å². The highest BCUT2D eigenvalue weighted by Crippen LogP contribution is 2.17. The standard InChI is InChI=1S/C51H72N6O9/c1-3-36(2)47(50(63)55-41(48(53)61)32-38-28-30-40(31-29-38)66-35-39-24-18-15-19-25-39)57-46(60)27-21-13-11-9-7-5-4-6-8-10-12-20-26-45(59)54-42(34-44(52)58)49(62)56-43(51(64)65)33-37-22-16-14-17-23-37/h14-19,22-25,28-31,36,41-43,47H,3-13,20-21,26-27,32-35H2,1-2H3,(H2,52,58)(H2,53,61)(H,54,59)(H,55,63)(H,56,62)(H,57,60)(H,64,65)/t36?,41-,42-,43-,47-/m0/s1. The van der Waals surface area contributed by atoms with Crippen molar-refractivity contribution in [1.82, 2.24) is 21.3 Å². The molecule has 0 saturated carbocycles. The van der Waals surface area contributed by atoms with Crippen LogP contribution in [0.15, 0.2) is 84.9 Å². The number of aliphatic carboxylic acids is 1. The molecule has 0 aliphatic heterocycles. The van der Waals surface area contributed by atoms with Crippen molar-refractivity contribution in [3.8, 4) is 5.75 Å². The largest absolute Gasteiger partial charge is 0.489 e. The molecule has 0 aromatic heterocycles. The molecule has 0 aliphatic carbocycles. The summed E-state index contributed by atoms with van der Waals surface area (Å²) in [7, 11) is 0. The Morgan fingerprint density at radius 1 is 0.545 bits per heavy atom. The fourth-order valence-electron chi connectivity index (χ4n) is 7.47. The van der Waals surface area contributed by atoms with Crippen molar-refractivity contribution in [3.63, 3.8) is 0 Å². The minimum Gasteiger partial charge on any atom is -0.489 e. The number of carboxylic acid groups (broad SMARTS) is 1. The zero-order chi connectivity index (χ0) is 48.1. The highest BCUT2D eigenvalue weighted by atomic mass is 16.5. The summed E-state index contributed by atoms with van der Waals surface area (Å²) in [6.45, 7) is 4.27. The quantitative estimate of drug-likeness (QED) is 0.0350. The summed E-state index contributed by atoms with van der Waals surface area (Å²) < 4.78 is 5.85. The second-order valence-electron chi connectivity index (χ2n) is 17.1. The predicted molar refractivity (Wildman–Crippen MR) is 254 cm³/mol. The van der Waals surface area contributed by atoms with Gasteiger partial charge in [0.2, 0.25) is 35.4 Å². The maximum atomic E-state index is 13.4. The lowest BCUT2D eigenvalue weighted by atomic mass is 9.97. The molecule has 360 valence electrons. The SMILES string of the molecule is CCC(C)[C@H](NC(=O)CCCCCCCCCCCCCCC(=O)N[C@@H](CC(N)=O)C(=O)N[C@@H](Cc1ccccc1)C(=O)O)C(=O)N[C@@H](Cc1ccc(OCc2ccccc2)cc1)C(N)=O. The number of carbonyl (C=O) groups excluding carboxylic acids is 6. The van der Waals surface area contributed by atoms with Crippen molar-refractivity contribution in [2.75, 3.05) is 0 Å². The monoisotopic (exact) mass is 913 g/mol. The van der Waals surface area contributed by atoms with Gasteiger partial charge in [-0.1, -0.05) is 157 Å². The molecule has 0 aliphatic rings. The Balaban J connectivity index is 1.24. The van der Waals surface area contributed by atoms with Crippen LogP contribution in [0, 0.1) is 5.92 Å². The second kappa shape index (κ2) is 30.8. The summed E-state index contributed by atoms with van der Waals surface area (Å²) in [4.78, 5) is 87.7. The molecule has 0 bridgehead atoms. The first-order chi connectivity index (χ1) is 31.7. The zero-order valence-corrected chi connectivity index (χ0v) is 38.8. The molecule has 9 N–H and O–H groups in total. The van der Waals surface area contributed by atoms with E-state index in [0.717, 1.165) is 75.3 Å². The van der Waals surface area contributed by atoms with Crippen molar-refractivity contribution in [1.29, 1.82) is 0 Å². The number of benzene rings is 3.